The number of aromatic nitrogens is 5. The van der Waals surface area contributed by atoms with Crippen molar-refractivity contribution in [2.75, 3.05) is 19.8 Å². The second-order valence-corrected chi connectivity index (χ2v) is 24.5. The van der Waals surface area contributed by atoms with E-state index in [0.29, 0.717) is 0 Å². The quantitative estimate of drug-likeness (QED) is 0.114. The van der Waals surface area contributed by atoms with E-state index in [1.807, 2.05) is 0 Å². The maximum atomic E-state index is 6.36. The van der Waals surface area contributed by atoms with Gasteiger partial charge in [-0.15, -0.1) is 0 Å². The lowest BCUT2D eigenvalue weighted by molar-refractivity contribution is -0.00423. The number of hydrogen-bond acceptors (Lipinski definition) is 8. The van der Waals surface area contributed by atoms with Crippen molar-refractivity contribution in [3.05, 3.63) is 95.8 Å². The first-order valence-corrected chi connectivity index (χ1v) is 27.7. The molecule has 8 heteroatoms. The second-order valence-electron chi connectivity index (χ2n) is 24.5. The zero-order chi connectivity index (χ0) is 48.5. The van der Waals surface area contributed by atoms with Crippen molar-refractivity contribution in [1.29, 1.82) is 0 Å². The summed E-state index contributed by atoms with van der Waals surface area (Å²) in [5.41, 5.74) is 29.5. The number of aryl methyl sites for hydroxylation is 6. The molecule has 5 aromatic rings. The minimum absolute atomic E-state index is 0.131. The molecule has 0 saturated heterocycles. The van der Waals surface area contributed by atoms with Crippen LogP contribution >= 0.6 is 0 Å². The van der Waals surface area contributed by atoms with E-state index in [9.17, 15) is 0 Å². The number of fused-ring (bicyclic) bond motifs is 14. The molecular weight excluding hydrogens is 863 g/mol. The average Bonchev–Trinajstić information content (AvgIpc) is 3.32. The molecule has 0 unspecified atom stereocenters. The third-order valence-electron chi connectivity index (χ3n) is 16.1. The molecule has 0 atom stereocenters. The van der Waals surface area contributed by atoms with Crippen LogP contribution in [0, 0.1) is 0 Å². The molecule has 6 aliphatic carbocycles. The van der Waals surface area contributed by atoms with Crippen molar-refractivity contribution in [3.63, 3.8) is 0 Å². The van der Waals surface area contributed by atoms with Crippen LogP contribution in [-0.4, -0.2) is 61.5 Å². The molecule has 0 amide bonds. The molecule has 370 valence electrons. The second kappa shape index (κ2) is 18.9. The van der Waals surface area contributed by atoms with Crippen LogP contribution in [0.2, 0.25) is 0 Å². The van der Waals surface area contributed by atoms with E-state index in [2.05, 4.69) is 74.4 Å². The van der Waals surface area contributed by atoms with E-state index in [4.69, 9.17) is 39.1 Å². The van der Waals surface area contributed by atoms with Crippen molar-refractivity contribution in [1.82, 2.24) is 24.9 Å². The Bertz CT molecular complexity index is 2680. The molecule has 11 rings (SSSR count). The molecule has 0 bridgehead atoms. The van der Waals surface area contributed by atoms with Crippen LogP contribution in [0.25, 0.3) is 45.6 Å². The highest BCUT2D eigenvalue weighted by Gasteiger charge is 2.35. The summed E-state index contributed by atoms with van der Waals surface area (Å²) in [6.45, 7) is 21.7. The number of nitrogens with zero attached hydrogens (tertiary/aromatic N) is 5. The van der Waals surface area contributed by atoms with Crippen LogP contribution in [0.5, 0.6) is 0 Å². The van der Waals surface area contributed by atoms with Crippen molar-refractivity contribution in [2.45, 2.75) is 220 Å². The van der Waals surface area contributed by atoms with Gasteiger partial charge >= 0.3 is 0 Å². The number of hydrogen-bond donors (Lipinski definition) is 0. The largest absolute Gasteiger partial charge is 0.376 e. The van der Waals surface area contributed by atoms with E-state index < -0.39 is 0 Å². The summed E-state index contributed by atoms with van der Waals surface area (Å²) < 4.78 is 18.9. The maximum Gasteiger partial charge on any atom is 0.0932 e. The van der Waals surface area contributed by atoms with Gasteiger partial charge in [0.05, 0.1) is 62.4 Å². The van der Waals surface area contributed by atoms with E-state index in [1.165, 1.54) is 98.3 Å². The maximum absolute atomic E-state index is 6.36. The highest BCUT2D eigenvalue weighted by Crippen LogP contribution is 2.47. The predicted molar refractivity (Wildman–Crippen MR) is 282 cm³/mol. The molecule has 0 spiro atoms. The number of pyridine rings is 5. The molecule has 5 aromatic heterocycles. The zero-order valence-electron chi connectivity index (χ0n) is 44.3. The average molecular weight is 942 g/mol. The fourth-order valence-electron chi connectivity index (χ4n) is 12.9. The first kappa shape index (κ1) is 47.9. The van der Waals surface area contributed by atoms with Crippen molar-refractivity contribution < 1.29 is 14.2 Å². The Labute approximate surface area is 419 Å². The SMILES string of the molecule is CC(C)(C)OCCCc1c2c(nc3c1CCc1cc4c(nc1-3)-c1nc3c(c(CCCOC(C)(C)C)c1CC4)CCc1cc4c(nc1-3)-c1nc3c(c(CCCOC(C)(C)C)c1CC4)CCCC3)CCCC2. The van der Waals surface area contributed by atoms with Gasteiger partial charge in [0, 0.05) is 31.2 Å². The summed E-state index contributed by atoms with van der Waals surface area (Å²) in [5, 5.41) is 0. The highest BCUT2D eigenvalue weighted by molar-refractivity contribution is 5.81. The van der Waals surface area contributed by atoms with Crippen LogP contribution in [0.15, 0.2) is 12.1 Å². The molecule has 0 saturated carbocycles. The molecule has 0 aromatic carbocycles. The van der Waals surface area contributed by atoms with Gasteiger partial charge in [-0.05, 0) is 276 Å². The molecule has 0 aliphatic heterocycles. The van der Waals surface area contributed by atoms with Crippen LogP contribution in [-0.2, 0) is 111 Å². The molecule has 0 fully saturated rings. The lowest BCUT2D eigenvalue weighted by Crippen LogP contribution is -2.23. The summed E-state index contributed by atoms with van der Waals surface area (Å²) in [6.07, 6.45) is 23.3. The lowest BCUT2D eigenvalue weighted by Gasteiger charge is -2.32. The first-order chi connectivity index (χ1) is 33.6. The number of rotatable bonds is 12. The van der Waals surface area contributed by atoms with Crippen LogP contribution in [0.1, 0.15) is 191 Å². The Balaban J connectivity index is 1.02. The fourth-order valence-corrected chi connectivity index (χ4v) is 12.9. The third-order valence-corrected chi connectivity index (χ3v) is 16.1. The van der Waals surface area contributed by atoms with Gasteiger partial charge in [-0.1, -0.05) is 12.1 Å². The van der Waals surface area contributed by atoms with Gasteiger partial charge in [-0.2, -0.15) is 0 Å². The molecular formula is C62H79N5O3. The Morgan fingerprint density at radius 2 is 0.614 bits per heavy atom. The summed E-state index contributed by atoms with van der Waals surface area (Å²) in [7, 11) is 0. The third kappa shape index (κ3) is 9.55. The van der Waals surface area contributed by atoms with Gasteiger partial charge in [0.25, 0.3) is 0 Å². The summed E-state index contributed by atoms with van der Waals surface area (Å²) >= 11 is 0. The highest BCUT2D eigenvalue weighted by atomic mass is 16.5. The zero-order valence-corrected chi connectivity index (χ0v) is 44.3. The van der Waals surface area contributed by atoms with Gasteiger partial charge < -0.3 is 14.2 Å². The van der Waals surface area contributed by atoms with Crippen LogP contribution in [0.3, 0.4) is 0 Å². The lowest BCUT2D eigenvalue weighted by atomic mass is 9.78. The van der Waals surface area contributed by atoms with Gasteiger partial charge in [-0.3, -0.25) is 9.97 Å². The van der Waals surface area contributed by atoms with E-state index in [0.717, 1.165) is 181 Å². The molecule has 0 N–H and O–H groups in total. The Morgan fingerprint density at radius 1 is 0.329 bits per heavy atom. The fraction of sp³-hybridized carbons (Fsp3) is 0.597. The molecule has 6 aliphatic rings. The van der Waals surface area contributed by atoms with Crippen molar-refractivity contribution in [2.24, 2.45) is 0 Å². The monoisotopic (exact) mass is 942 g/mol. The summed E-state index contributed by atoms with van der Waals surface area (Å²) in [4.78, 5) is 28.7. The van der Waals surface area contributed by atoms with Gasteiger partial charge in [0.2, 0.25) is 0 Å². The summed E-state index contributed by atoms with van der Waals surface area (Å²) in [6, 6.07) is 5.00. The topological polar surface area (TPSA) is 92.1 Å². The Morgan fingerprint density at radius 3 is 0.943 bits per heavy atom. The standard InChI is InChI=1S/C62H79N5O3/c1-60(2,3)68-32-14-19-41-44-17-10-12-22-50(44)63-56-46(41)28-24-37-35-39-26-30-48-43(21-16-34-70-62(7,8)9)49-31-27-40-36-38-25-29-47-42(20-15-33-69-61(4,5)6)45-18-11-13-23-51(45)64-57(47)53(38)66-55(40)59(49)67-58(48)54(39)65-52(37)56/h35-36H,10-34H2,1-9H3. The minimum Gasteiger partial charge on any atom is -0.376 e. The normalized spacial score (nSPS) is 16.7. The predicted octanol–water partition coefficient (Wildman–Crippen LogP) is 12.7. The van der Waals surface area contributed by atoms with E-state index in [-0.39, 0.29) is 16.8 Å². The van der Waals surface area contributed by atoms with Gasteiger partial charge in [0.1, 0.15) is 0 Å². The smallest absolute Gasteiger partial charge is 0.0932 e. The number of ether oxygens (including phenoxy) is 3. The Kier molecular flexibility index (Phi) is 12.9. The first-order valence-electron chi connectivity index (χ1n) is 27.7. The van der Waals surface area contributed by atoms with Gasteiger partial charge in [-0.25, -0.2) is 15.0 Å². The molecule has 0 radical (unpaired) electrons. The minimum atomic E-state index is -0.172. The Hall–Kier alpha value is -4.37. The van der Waals surface area contributed by atoms with E-state index >= 15 is 0 Å². The molecule has 8 nitrogen and oxygen atoms in total. The van der Waals surface area contributed by atoms with E-state index in [1.54, 1.807) is 11.1 Å². The van der Waals surface area contributed by atoms with Crippen LogP contribution < -0.4 is 0 Å². The van der Waals surface area contributed by atoms with Crippen LogP contribution in [0.4, 0.5) is 0 Å². The molecule has 70 heavy (non-hydrogen) atoms. The van der Waals surface area contributed by atoms with Crippen molar-refractivity contribution >= 4 is 0 Å². The van der Waals surface area contributed by atoms with Gasteiger partial charge in [0.15, 0.2) is 0 Å². The van der Waals surface area contributed by atoms with Crippen molar-refractivity contribution in [3.8, 4) is 45.6 Å². The molecule has 5 heterocycles. The summed E-state index contributed by atoms with van der Waals surface area (Å²) in [5.74, 6) is 0.